The van der Waals surface area contributed by atoms with Gasteiger partial charge in [0.1, 0.15) is 0 Å². The lowest BCUT2D eigenvalue weighted by Gasteiger charge is -2.18. The fourth-order valence-corrected chi connectivity index (χ4v) is 1.37. The number of amides is 1. The molecule has 0 bridgehead atoms. The van der Waals surface area contributed by atoms with Crippen molar-refractivity contribution < 1.29 is 22.4 Å². The molecule has 1 aromatic rings. The number of nitrogens with two attached hydrogens (primary N) is 1. The molecule has 106 valence electrons. The van der Waals surface area contributed by atoms with E-state index in [0.29, 0.717) is 0 Å². The maximum atomic E-state index is 12.6. The van der Waals surface area contributed by atoms with Gasteiger partial charge in [0.15, 0.2) is 0 Å². The molecule has 0 aliphatic carbocycles. The van der Waals surface area contributed by atoms with Crippen LogP contribution in [0.4, 0.5) is 17.6 Å². The van der Waals surface area contributed by atoms with Crippen molar-refractivity contribution in [2.75, 3.05) is 6.54 Å². The van der Waals surface area contributed by atoms with Gasteiger partial charge in [-0.2, -0.15) is 8.78 Å². The summed E-state index contributed by atoms with van der Waals surface area (Å²) in [5.41, 5.74) is 6.27. The van der Waals surface area contributed by atoms with Gasteiger partial charge in [-0.1, -0.05) is 30.3 Å². The van der Waals surface area contributed by atoms with Crippen LogP contribution in [-0.2, 0) is 11.2 Å². The highest BCUT2D eigenvalue weighted by atomic mass is 19.3. The molecular weight excluding hydrogens is 264 g/mol. The van der Waals surface area contributed by atoms with Crippen LogP contribution in [0.15, 0.2) is 30.3 Å². The summed E-state index contributed by atoms with van der Waals surface area (Å²) < 4.78 is 48.9. The second-order valence-electron chi connectivity index (χ2n) is 4.08. The number of rotatable bonds is 6. The first-order chi connectivity index (χ1) is 8.83. The number of hydrogen-bond acceptors (Lipinski definition) is 2. The quantitative estimate of drug-likeness (QED) is 0.776. The number of alkyl halides is 4. The Hall–Kier alpha value is -1.63. The lowest BCUT2D eigenvalue weighted by Crippen LogP contribution is -2.48. The van der Waals surface area contributed by atoms with Crippen LogP contribution < -0.4 is 11.1 Å². The van der Waals surface area contributed by atoms with E-state index in [1.807, 2.05) is 0 Å². The van der Waals surface area contributed by atoms with Crippen LogP contribution >= 0.6 is 0 Å². The highest BCUT2D eigenvalue weighted by Gasteiger charge is 2.41. The molecular formula is C12H14F4N2O. The van der Waals surface area contributed by atoms with Gasteiger partial charge in [0.25, 0.3) is 0 Å². The van der Waals surface area contributed by atoms with E-state index in [1.165, 1.54) is 0 Å². The van der Waals surface area contributed by atoms with E-state index in [1.54, 1.807) is 35.6 Å². The minimum atomic E-state index is -4.25. The van der Waals surface area contributed by atoms with Crippen LogP contribution in [0.2, 0.25) is 0 Å². The van der Waals surface area contributed by atoms with Gasteiger partial charge in [0, 0.05) is 0 Å². The molecule has 0 fully saturated rings. The number of halogens is 4. The van der Waals surface area contributed by atoms with Gasteiger partial charge >= 0.3 is 12.3 Å². The zero-order valence-corrected chi connectivity index (χ0v) is 9.95. The van der Waals surface area contributed by atoms with Crippen LogP contribution in [0.3, 0.4) is 0 Å². The second kappa shape index (κ2) is 6.51. The first kappa shape index (κ1) is 15.4. The van der Waals surface area contributed by atoms with E-state index in [4.69, 9.17) is 5.73 Å². The lowest BCUT2D eigenvalue weighted by atomic mass is 10.1. The number of hydrogen-bond donors (Lipinski definition) is 2. The summed E-state index contributed by atoms with van der Waals surface area (Å²) in [5.74, 6) is -5.13. The molecule has 0 heterocycles. The summed E-state index contributed by atoms with van der Waals surface area (Å²) in [6.07, 6.45) is -3.68. The predicted molar refractivity (Wildman–Crippen MR) is 62.1 cm³/mol. The summed E-state index contributed by atoms with van der Waals surface area (Å²) in [4.78, 5) is 11.4. The zero-order chi connectivity index (χ0) is 14.5. The van der Waals surface area contributed by atoms with Gasteiger partial charge in [-0.25, -0.2) is 8.78 Å². The van der Waals surface area contributed by atoms with Crippen LogP contribution in [0.1, 0.15) is 5.56 Å². The smallest absolute Gasteiger partial charge is 0.324 e. The molecule has 0 aliphatic rings. The molecule has 19 heavy (non-hydrogen) atoms. The Labute approximate surface area is 107 Å². The minimum Gasteiger partial charge on any atom is -0.348 e. The van der Waals surface area contributed by atoms with Crippen molar-refractivity contribution in [2.24, 2.45) is 5.73 Å². The lowest BCUT2D eigenvalue weighted by molar-refractivity contribution is -0.137. The molecule has 0 saturated carbocycles. The third kappa shape index (κ3) is 4.86. The molecule has 0 aromatic heterocycles. The van der Waals surface area contributed by atoms with E-state index >= 15 is 0 Å². The molecule has 3 N–H and O–H groups in total. The van der Waals surface area contributed by atoms with E-state index in [2.05, 4.69) is 0 Å². The van der Waals surface area contributed by atoms with Crippen LogP contribution in [-0.4, -0.2) is 30.8 Å². The highest BCUT2D eigenvalue weighted by molar-refractivity contribution is 5.81. The molecule has 0 radical (unpaired) electrons. The largest absolute Gasteiger partial charge is 0.348 e. The molecule has 0 saturated heterocycles. The summed E-state index contributed by atoms with van der Waals surface area (Å²) >= 11 is 0. The van der Waals surface area contributed by atoms with Crippen molar-refractivity contribution >= 4 is 5.91 Å². The summed E-state index contributed by atoms with van der Waals surface area (Å²) in [7, 11) is 0. The summed E-state index contributed by atoms with van der Waals surface area (Å²) in [5, 5.41) is 1.73. The van der Waals surface area contributed by atoms with Crippen molar-refractivity contribution in [3.05, 3.63) is 35.9 Å². The standard InChI is InChI=1S/C12H14F4N2O/c13-11(14)12(15,16)7-18-10(19)9(17)6-8-4-2-1-3-5-8/h1-5,9,11H,6-7,17H2,(H,18,19)/t9-/m1/s1. The van der Waals surface area contributed by atoms with Crippen molar-refractivity contribution in [2.45, 2.75) is 24.8 Å². The van der Waals surface area contributed by atoms with E-state index in [9.17, 15) is 22.4 Å². The molecule has 0 unspecified atom stereocenters. The fraction of sp³-hybridized carbons (Fsp3) is 0.417. The monoisotopic (exact) mass is 278 g/mol. The number of carbonyl (C=O) groups is 1. The van der Waals surface area contributed by atoms with Crippen molar-refractivity contribution in [3.8, 4) is 0 Å². The van der Waals surface area contributed by atoms with E-state index in [-0.39, 0.29) is 6.42 Å². The van der Waals surface area contributed by atoms with Crippen molar-refractivity contribution in [1.82, 2.24) is 5.32 Å². The third-order valence-electron chi connectivity index (χ3n) is 2.45. The number of nitrogens with one attached hydrogen (secondary N) is 1. The Morgan fingerprint density at radius 1 is 1.26 bits per heavy atom. The molecule has 0 aliphatic heterocycles. The van der Waals surface area contributed by atoms with Crippen molar-refractivity contribution in [3.63, 3.8) is 0 Å². The first-order valence-corrected chi connectivity index (χ1v) is 5.56. The first-order valence-electron chi connectivity index (χ1n) is 5.56. The molecule has 1 amide bonds. The van der Waals surface area contributed by atoms with Gasteiger partial charge in [-0.05, 0) is 12.0 Å². The Morgan fingerprint density at radius 3 is 2.37 bits per heavy atom. The van der Waals surface area contributed by atoms with Crippen LogP contribution in [0, 0.1) is 0 Å². The van der Waals surface area contributed by atoms with E-state index in [0.717, 1.165) is 5.56 Å². The zero-order valence-electron chi connectivity index (χ0n) is 9.95. The van der Waals surface area contributed by atoms with Crippen LogP contribution in [0.25, 0.3) is 0 Å². The normalized spacial score (nSPS) is 13.4. The SMILES string of the molecule is N[C@H](Cc1ccccc1)C(=O)NCC(F)(F)C(F)F. The van der Waals surface area contributed by atoms with E-state index < -0.39 is 30.8 Å². The van der Waals surface area contributed by atoms with Gasteiger partial charge in [-0.15, -0.1) is 0 Å². The van der Waals surface area contributed by atoms with Gasteiger partial charge in [0.2, 0.25) is 5.91 Å². The number of benzene rings is 1. The predicted octanol–water partition coefficient (Wildman–Crippen LogP) is 1.57. The minimum absolute atomic E-state index is 0.146. The van der Waals surface area contributed by atoms with Gasteiger partial charge < -0.3 is 11.1 Å². The van der Waals surface area contributed by atoms with Gasteiger partial charge in [-0.3, -0.25) is 4.79 Å². The molecule has 1 aromatic carbocycles. The third-order valence-corrected chi connectivity index (χ3v) is 2.45. The average Bonchev–Trinajstić information content (AvgIpc) is 2.37. The Balaban J connectivity index is 2.46. The van der Waals surface area contributed by atoms with Crippen molar-refractivity contribution in [1.29, 1.82) is 0 Å². The fourth-order valence-electron chi connectivity index (χ4n) is 1.37. The highest BCUT2D eigenvalue weighted by Crippen LogP contribution is 2.21. The van der Waals surface area contributed by atoms with Crippen LogP contribution in [0.5, 0.6) is 0 Å². The average molecular weight is 278 g/mol. The second-order valence-corrected chi connectivity index (χ2v) is 4.08. The Morgan fingerprint density at radius 2 is 1.84 bits per heavy atom. The molecule has 3 nitrogen and oxygen atoms in total. The molecule has 7 heteroatoms. The molecule has 1 atom stereocenters. The topological polar surface area (TPSA) is 55.1 Å². The van der Waals surface area contributed by atoms with Gasteiger partial charge in [0.05, 0.1) is 12.6 Å². The maximum absolute atomic E-state index is 12.6. The summed E-state index contributed by atoms with van der Waals surface area (Å²) in [6, 6.07) is 7.64. The molecule has 1 rings (SSSR count). The number of carbonyl (C=O) groups excluding carboxylic acids is 1. The Kier molecular flexibility index (Phi) is 5.29. The maximum Gasteiger partial charge on any atom is 0.324 e. The molecule has 0 spiro atoms. The Bertz CT molecular complexity index is 411. The summed E-state index contributed by atoms with van der Waals surface area (Å²) in [6.45, 7) is -1.42.